The van der Waals surface area contributed by atoms with Gasteiger partial charge < -0.3 is 4.74 Å². The number of hydrogen-bond donors (Lipinski definition) is 0. The largest absolute Gasteiger partial charge is 0.495 e. The van der Waals surface area contributed by atoms with Crippen LogP contribution in [0.4, 0.5) is 0 Å². The number of ether oxygens (including phenoxy) is 1. The molecule has 0 aliphatic heterocycles. The summed E-state index contributed by atoms with van der Waals surface area (Å²) in [6.07, 6.45) is 0.236. The zero-order valence-corrected chi connectivity index (χ0v) is 8.16. The van der Waals surface area contributed by atoms with E-state index in [9.17, 15) is 0 Å². The van der Waals surface area contributed by atoms with Crippen molar-refractivity contribution in [2.75, 3.05) is 7.11 Å². The van der Waals surface area contributed by atoms with E-state index < -0.39 is 0 Å². The fourth-order valence-electron chi connectivity index (χ4n) is 1.35. The fraction of sp³-hybridized carbons (Fsp3) is 0.273. The van der Waals surface area contributed by atoms with E-state index in [4.69, 9.17) is 15.3 Å². The number of methoxy groups -OCH3 is 1. The first-order valence-corrected chi connectivity index (χ1v) is 4.18. The van der Waals surface area contributed by atoms with Gasteiger partial charge in [-0.2, -0.15) is 10.5 Å². The third-order valence-electron chi connectivity index (χ3n) is 2.03. The van der Waals surface area contributed by atoms with Crippen molar-refractivity contribution in [2.24, 2.45) is 0 Å². The summed E-state index contributed by atoms with van der Waals surface area (Å²) in [7, 11) is 1.53. The van der Waals surface area contributed by atoms with Crippen molar-refractivity contribution in [3.05, 3.63) is 28.8 Å². The molecule has 0 unspecified atom stereocenters. The Balaban J connectivity index is 3.36. The lowest BCUT2D eigenvalue weighted by molar-refractivity contribution is 0.410. The number of benzene rings is 1. The maximum absolute atomic E-state index is 8.94. The van der Waals surface area contributed by atoms with Crippen LogP contribution in [-0.2, 0) is 6.42 Å². The predicted octanol–water partition coefficient (Wildman–Crippen LogP) is 1.94. The molecule has 0 aliphatic rings. The molecule has 0 aliphatic carbocycles. The van der Waals surface area contributed by atoms with Gasteiger partial charge in [0.25, 0.3) is 0 Å². The van der Waals surface area contributed by atoms with Gasteiger partial charge in [-0.1, -0.05) is 12.1 Å². The first-order chi connectivity index (χ1) is 6.74. The highest BCUT2D eigenvalue weighted by molar-refractivity contribution is 5.53. The zero-order chi connectivity index (χ0) is 10.6. The van der Waals surface area contributed by atoms with E-state index in [0.717, 1.165) is 11.1 Å². The average molecular weight is 186 g/mol. The van der Waals surface area contributed by atoms with Gasteiger partial charge in [-0.3, -0.25) is 0 Å². The van der Waals surface area contributed by atoms with E-state index >= 15 is 0 Å². The minimum atomic E-state index is 0.236. The fourth-order valence-corrected chi connectivity index (χ4v) is 1.35. The normalized spacial score (nSPS) is 8.86. The number of rotatable bonds is 2. The van der Waals surface area contributed by atoms with E-state index in [1.54, 1.807) is 6.07 Å². The standard InChI is InChI=1S/C11H10N2O/c1-8-3-4-9(5-6-12)10(7-13)11(8)14-2/h3-4H,5H2,1-2H3. The van der Waals surface area contributed by atoms with Crippen LogP contribution in [0, 0.1) is 29.6 Å². The number of hydrogen-bond acceptors (Lipinski definition) is 3. The summed E-state index contributed by atoms with van der Waals surface area (Å²) in [5, 5.41) is 17.5. The molecular formula is C11H10N2O. The van der Waals surface area contributed by atoms with Crippen molar-refractivity contribution in [3.8, 4) is 17.9 Å². The highest BCUT2D eigenvalue weighted by atomic mass is 16.5. The van der Waals surface area contributed by atoms with E-state index in [2.05, 4.69) is 6.07 Å². The molecule has 0 spiro atoms. The summed E-state index contributed by atoms with van der Waals surface area (Å²) in [5.74, 6) is 0.570. The van der Waals surface area contributed by atoms with Gasteiger partial charge in [-0.25, -0.2) is 0 Å². The Hall–Kier alpha value is -2.00. The molecule has 14 heavy (non-hydrogen) atoms. The lowest BCUT2D eigenvalue weighted by atomic mass is 10.0. The number of aryl methyl sites for hydroxylation is 1. The van der Waals surface area contributed by atoms with E-state index in [-0.39, 0.29) is 6.42 Å². The molecule has 1 aromatic rings. The lowest BCUT2D eigenvalue weighted by Crippen LogP contribution is -1.96. The SMILES string of the molecule is COc1c(C)ccc(CC#N)c1C#N. The smallest absolute Gasteiger partial charge is 0.139 e. The Kier molecular flexibility index (Phi) is 3.09. The third kappa shape index (κ3) is 1.67. The van der Waals surface area contributed by atoms with Gasteiger partial charge >= 0.3 is 0 Å². The van der Waals surface area contributed by atoms with Crippen molar-refractivity contribution in [1.82, 2.24) is 0 Å². The second-order valence-corrected chi connectivity index (χ2v) is 2.90. The lowest BCUT2D eigenvalue weighted by Gasteiger charge is -2.08. The van der Waals surface area contributed by atoms with E-state index in [0.29, 0.717) is 11.3 Å². The molecule has 3 heteroatoms. The summed E-state index contributed by atoms with van der Waals surface area (Å²) in [5.41, 5.74) is 2.09. The van der Waals surface area contributed by atoms with Crippen molar-refractivity contribution < 1.29 is 4.74 Å². The van der Waals surface area contributed by atoms with E-state index in [1.165, 1.54) is 7.11 Å². The highest BCUT2D eigenvalue weighted by Crippen LogP contribution is 2.25. The average Bonchev–Trinajstić information content (AvgIpc) is 2.20. The van der Waals surface area contributed by atoms with Crippen LogP contribution in [0.25, 0.3) is 0 Å². The maximum atomic E-state index is 8.94. The third-order valence-corrected chi connectivity index (χ3v) is 2.03. The molecule has 0 saturated carbocycles. The Morgan fingerprint density at radius 2 is 2.07 bits per heavy atom. The molecule has 3 nitrogen and oxygen atoms in total. The molecule has 0 bridgehead atoms. The van der Waals surface area contributed by atoms with Gasteiger partial charge in [0.2, 0.25) is 0 Å². The Labute approximate surface area is 83.2 Å². The summed E-state index contributed by atoms with van der Waals surface area (Å²) >= 11 is 0. The predicted molar refractivity (Wildman–Crippen MR) is 51.8 cm³/mol. The molecule has 70 valence electrons. The topological polar surface area (TPSA) is 56.8 Å². The van der Waals surface area contributed by atoms with Gasteiger partial charge in [0, 0.05) is 0 Å². The molecule has 0 fully saturated rings. The van der Waals surface area contributed by atoms with Gasteiger partial charge in [0.15, 0.2) is 0 Å². The highest BCUT2D eigenvalue weighted by Gasteiger charge is 2.10. The molecule has 0 amide bonds. The Bertz CT molecular complexity index is 424. The molecule has 0 radical (unpaired) electrons. The van der Waals surface area contributed by atoms with Crippen LogP contribution >= 0.6 is 0 Å². The van der Waals surface area contributed by atoms with Crippen molar-refractivity contribution >= 4 is 0 Å². The summed E-state index contributed by atoms with van der Waals surface area (Å²) in [6, 6.07) is 7.73. The van der Waals surface area contributed by atoms with Crippen LogP contribution in [0.3, 0.4) is 0 Å². The van der Waals surface area contributed by atoms with Crippen molar-refractivity contribution in [3.63, 3.8) is 0 Å². The van der Waals surface area contributed by atoms with Crippen molar-refractivity contribution in [1.29, 1.82) is 10.5 Å². The van der Waals surface area contributed by atoms with Crippen LogP contribution in [0.15, 0.2) is 12.1 Å². The van der Waals surface area contributed by atoms with Crippen LogP contribution in [0.1, 0.15) is 16.7 Å². The molecule has 0 aromatic heterocycles. The van der Waals surface area contributed by atoms with Crippen LogP contribution in [-0.4, -0.2) is 7.11 Å². The molecule has 1 aromatic carbocycles. The van der Waals surface area contributed by atoms with Crippen molar-refractivity contribution in [2.45, 2.75) is 13.3 Å². The first kappa shape index (κ1) is 10.1. The first-order valence-electron chi connectivity index (χ1n) is 4.18. The van der Waals surface area contributed by atoms with Crippen LogP contribution in [0.5, 0.6) is 5.75 Å². The number of nitriles is 2. The second-order valence-electron chi connectivity index (χ2n) is 2.90. The van der Waals surface area contributed by atoms with Gasteiger partial charge in [-0.15, -0.1) is 0 Å². The molecule has 0 N–H and O–H groups in total. The van der Waals surface area contributed by atoms with Crippen LogP contribution in [0.2, 0.25) is 0 Å². The molecule has 0 atom stereocenters. The summed E-state index contributed by atoms with van der Waals surface area (Å²) in [6.45, 7) is 1.87. The molecular weight excluding hydrogens is 176 g/mol. The molecule has 0 saturated heterocycles. The maximum Gasteiger partial charge on any atom is 0.139 e. The van der Waals surface area contributed by atoms with Crippen LogP contribution < -0.4 is 4.74 Å². The quantitative estimate of drug-likeness (QED) is 0.709. The van der Waals surface area contributed by atoms with Gasteiger partial charge in [0.1, 0.15) is 11.8 Å². The zero-order valence-electron chi connectivity index (χ0n) is 8.16. The minimum absolute atomic E-state index is 0.236. The molecule has 0 heterocycles. The van der Waals surface area contributed by atoms with Gasteiger partial charge in [-0.05, 0) is 18.1 Å². The summed E-state index contributed by atoms with van der Waals surface area (Å²) < 4.78 is 5.12. The summed E-state index contributed by atoms with van der Waals surface area (Å²) in [4.78, 5) is 0. The minimum Gasteiger partial charge on any atom is -0.495 e. The Morgan fingerprint density at radius 1 is 1.36 bits per heavy atom. The number of nitrogens with zero attached hydrogens (tertiary/aromatic N) is 2. The van der Waals surface area contributed by atoms with E-state index in [1.807, 2.05) is 19.1 Å². The van der Waals surface area contributed by atoms with Gasteiger partial charge in [0.05, 0.1) is 25.2 Å². The monoisotopic (exact) mass is 186 g/mol. The molecule has 1 rings (SSSR count). The second kappa shape index (κ2) is 4.30. The Morgan fingerprint density at radius 3 is 2.57 bits per heavy atom.